The van der Waals surface area contributed by atoms with Crippen molar-refractivity contribution in [3.05, 3.63) is 59.7 Å². The lowest BCUT2D eigenvalue weighted by atomic mass is 9.81. The minimum Gasteiger partial charge on any atom is -0.459 e. The second-order valence-electron chi connectivity index (χ2n) is 10.8. The molecule has 0 amide bonds. The Labute approximate surface area is 195 Å². The lowest BCUT2D eigenvalue weighted by Crippen LogP contribution is -2.59. The number of piperidine rings is 1. The molecule has 174 valence electrons. The van der Waals surface area contributed by atoms with Crippen LogP contribution in [-0.4, -0.2) is 23.2 Å². The van der Waals surface area contributed by atoms with Gasteiger partial charge in [-0.3, -0.25) is 0 Å². The number of esters is 1. The van der Waals surface area contributed by atoms with Crippen molar-refractivity contribution >= 4 is 5.97 Å². The predicted molar refractivity (Wildman–Crippen MR) is 134 cm³/mol. The van der Waals surface area contributed by atoms with E-state index in [9.17, 15) is 4.79 Å². The van der Waals surface area contributed by atoms with Crippen molar-refractivity contribution in [1.82, 2.24) is 5.32 Å². The van der Waals surface area contributed by atoms with Crippen molar-refractivity contribution in [2.75, 3.05) is 0 Å². The van der Waals surface area contributed by atoms with Crippen LogP contribution in [0, 0.1) is 0 Å². The average molecular weight is 436 g/mol. The van der Waals surface area contributed by atoms with Crippen LogP contribution in [0.5, 0.6) is 0 Å². The van der Waals surface area contributed by atoms with E-state index >= 15 is 0 Å². The molecule has 0 bridgehead atoms. The topological polar surface area (TPSA) is 38.3 Å². The summed E-state index contributed by atoms with van der Waals surface area (Å²) in [4.78, 5) is 12.8. The Bertz CT molecular complexity index is 849. The largest absolute Gasteiger partial charge is 0.459 e. The average Bonchev–Trinajstić information content (AvgIpc) is 2.72. The number of carbonyl (C=O) groups is 1. The van der Waals surface area contributed by atoms with E-state index in [-0.39, 0.29) is 23.2 Å². The van der Waals surface area contributed by atoms with Crippen molar-refractivity contribution in [2.45, 2.75) is 103 Å². The second kappa shape index (κ2) is 10.7. The summed E-state index contributed by atoms with van der Waals surface area (Å²) in [6.07, 6.45) is 9.30. The summed E-state index contributed by atoms with van der Waals surface area (Å²) < 4.78 is 5.89. The number of hydrogen-bond donors (Lipinski definition) is 1. The molecule has 0 aromatic heterocycles. The standard InChI is InChI=1S/C29H41NO2/c1-6-7-8-9-10-11-22-12-14-23(15-13-22)24-16-18-25(19-17-24)27(31)32-26-20-28(2,3)30-29(4,5)21-26/h12-19,26,30H,6-11,20-21H2,1-5H3. The van der Waals surface area contributed by atoms with E-state index in [2.05, 4.69) is 64.2 Å². The molecule has 0 aliphatic carbocycles. The first-order chi connectivity index (χ1) is 15.2. The number of ether oxygens (including phenoxy) is 1. The number of carbonyl (C=O) groups excluding carboxylic acids is 1. The van der Waals surface area contributed by atoms with Gasteiger partial charge in [0.25, 0.3) is 0 Å². The van der Waals surface area contributed by atoms with Crippen LogP contribution in [0.4, 0.5) is 0 Å². The van der Waals surface area contributed by atoms with Gasteiger partial charge in [0.05, 0.1) is 5.56 Å². The fourth-order valence-electron chi connectivity index (χ4n) is 5.13. The zero-order valence-corrected chi connectivity index (χ0v) is 20.7. The molecule has 3 rings (SSSR count). The molecule has 1 heterocycles. The van der Waals surface area contributed by atoms with Gasteiger partial charge in [-0.25, -0.2) is 4.79 Å². The van der Waals surface area contributed by atoms with Gasteiger partial charge in [0.15, 0.2) is 0 Å². The summed E-state index contributed by atoms with van der Waals surface area (Å²) in [5.74, 6) is -0.228. The molecule has 3 heteroatoms. The zero-order valence-electron chi connectivity index (χ0n) is 20.7. The summed E-state index contributed by atoms with van der Waals surface area (Å²) in [6, 6.07) is 16.7. The highest BCUT2D eigenvalue weighted by Gasteiger charge is 2.39. The van der Waals surface area contributed by atoms with Gasteiger partial charge in [-0.1, -0.05) is 69.0 Å². The molecule has 2 aromatic carbocycles. The molecular formula is C29H41NO2. The first-order valence-electron chi connectivity index (χ1n) is 12.4. The molecule has 3 nitrogen and oxygen atoms in total. The summed E-state index contributed by atoms with van der Waals surface area (Å²) in [7, 11) is 0. The van der Waals surface area contributed by atoms with Gasteiger partial charge < -0.3 is 10.1 Å². The van der Waals surface area contributed by atoms with Gasteiger partial charge in [-0.05, 0) is 69.4 Å². The maximum atomic E-state index is 12.8. The highest BCUT2D eigenvalue weighted by Crippen LogP contribution is 2.31. The van der Waals surface area contributed by atoms with Crippen molar-refractivity contribution in [1.29, 1.82) is 0 Å². The molecule has 0 unspecified atom stereocenters. The Hall–Kier alpha value is -2.13. The van der Waals surface area contributed by atoms with Crippen molar-refractivity contribution in [3.8, 4) is 11.1 Å². The summed E-state index contributed by atoms with van der Waals surface area (Å²) in [6.45, 7) is 10.9. The Kier molecular flexibility index (Phi) is 8.16. The van der Waals surface area contributed by atoms with Crippen LogP contribution in [0.25, 0.3) is 11.1 Å². The van der Waals surface area contributed by atoms with E-state index in [1.165, 1.54) is 43.2 Å². The van der Waals surface area contributed by atoms with E-state index in [4.69, 9.17) is 4.74 Å². The molecule has 32 heavy (non-hydrogen) atoms. The van der Waals surface area contributed by atoms with Gasteiger partial charge >= 0.3 is 5.97 Å². The number of hydrogen-bond acceptors (Lipinski definition) is 3. The highest BCUT2D eigenvalue weighted by atomic mass is 16.5. The van der Waals surface area contributed by atoms with Gasteiger partial charge in [0, 0.05) is 23.9 Å². The van der Waals surface area contributed by atoms with Crippen molar-refractivity contribution in [3.63, 3.8) is 0 Å². The van der Waals surface area contributed by atoms with E-state index in [1.54, 1.807) is 0 Å². The monoisotopic (exact) mass is 435 g/mol. The maximum Gasteiger partial charge on any atom is 0.338 e. The lowest BCUT2D eigenvalue weighted by Gasteiger charge is -2.45. The molecular weight excluding hydrogens is 394 g/mol. The molecule has 1 aliphatic heterocycles. The van der Waals surface area contributed by atoms with Crippen LogP contribution in [-0.2, 0) is 11.2 Å². The number of benzene rings is 2. The summed E-state index contributed by atoms with van der Waals surface area (Å²) in [5, 5.41) is 3.63. The van der Waals surface area contributed by atoms with Crippen molar-refractivity contribution in [2.24, 2.45) is 0 Å². The van der Waals surface area contributed by atoms with Gasteiger partial charge in [-0.15, -0.1) is 0 Å². The SMILES string of the molecule is CCCCCCCc1ccc(-c2ccc(C(=O)OC3CC(C)(C)NC(C)(C)C3)cc2)cc1. The first-order valence-corrected chi connectivity index (χ1v) is 12.4. The van der Waals surface area contributed by atoms with Crippen LogP contribution in [0.15, 0.2) is 48.5 Å². The van der Waals surface area contributed by atoms with Crippen LogP contribution in [0.1, 0.15) is 95.5 Å². The molecule has 2 aromatic rings. The summed E-state index contributed by atoms with van der Waals surface area (Å²) >= 11 is 0. The number of aryl methyl sites for hydroxylation is 1. The molecule has 0 radical (unpaired) electrons. The maximum absolute atomic E-state index is 12.8. The minimum absolute atomic E-state index is 0.0434. The Balaban J connectivity index is 1.56. The number of unbranched alkanes of at least 4 members (excludes halogenated alkanes) is 4. The second-order valence-corrected chi connectivity index (χ2v) is 10.8. The highest BCUT2D eigenvalue weighted by molar-refractivity contribution is 5.90. The van der Waals surface area contributed by atoms with Crippen LogP contribution in [0.3, 0.4) is 0 Å². The predicted octanol–water partition coefficient (Wildman–Crippen LogP) is 7.33. The lowest BCUT2D eigenvalue weighted by molar-refractivity contribution is -0.00637. The fourth-order valence-corrected chi connectivity index (χ4v) is 5.13. The van der Waals surface area contributed by atoms with Crippen LogP contribution in [0.2, 0.25) is 0 Å². The Morgan fingerprint density at radius 3 is 1.94 bits per heavy atom. The smallest absolute Gasteiger partial charge is 0.338 e. The normalized spacial score (nSPS) is 17.8. The minimum atomic E-state index is -0.228. The zero-order chi connectivity index (χ0) is 23.2. The third-order valence-corrected chi connectivity index (χ3v) is 6.40. The van der Waals surface area contributed by atoms with E-state index in [0.29, 0.717) is 5.56 Å². The van der Waals surface area contributed by atoms with E-state index in [1.807, 2.05) is 24.3 Å². The fraction of sp³-hybridized carbons (Fsp3) is 0.552. The number of rotatable bonds is 9. The van der Waals surface area contributed by atoms with Gasteiger partial charge in [0.2, 0.25) is 0 Å². The van der Waals surface area contributed by atoms with E-state index < -0.39 is 0 Å². The van der Waals surface area contributed by atoms with Crippen LogP contribution >= 0.6 is 0 Å². The molecule has 1 saturated heterocycles. The molecule has 0 spiro atoms. The first kappa shape index (κ1) is 24.5. The summed E-state index contributed by atoms with van der Waals surface area (Å²) in [5.41, 5.74) is 4.24. The Morgan fingerprint density at radius 1 is 0.844 bits per heavy atom. The third kappa shape index (κ3) is 7.20. The van der Waals surface area contributed by atoms with Gasteiger partial charge in [-0.2, -0.15) is 0 Å². The molecule has 0 atom stereocenters. The molecule has 1 N–H and O–H groups in total. The Morgan fingerprint density at radius 2 is 1.38 bits per heavy atom. The number of nitrogens with one attached hydrogen (secondary N) is 1. The van der Waals surface area contributed by atoms with Gasteiger partial charge in [0.1, 0.15) is 6.10 Å². The molecule has 1 aliphatic rings. The third-order valence-electron chi connectivity index (χ3n) is 6.40. The quantitative estimate of drug-likeness (QED) is 0.331. The molecule has 0 saturated carbocycles. The molecule has 1 fully saturated rings. The van der Waals surface area contributed by atoms with E-state index in [0.717, 1.165) is 24.8 Å². The van der Waals surface area contributed by atoms with Crippen molar-refractivity contribution < 1.29 is 9.53 Å². The van der Waals surface area contributed by atoms with Crippen LogP contribution < -0.4 is 5.32 Å².